The molecule has 0 saturated carbocycles. The van der Waals surface area contributed by atoms with Crippen molar-refractivity contribution in [1.29, 1.82) is 0 Å². The summed E-state index contributed by atoms with van der Waals surface area (Å²) in [6.07, 6.45) is 0. The van der Waals surface area contributed by atoms with Crippen LogP contribution >= 0.6 is 0 Å². The van der Waals surface area contributed by atoms with E-state index in [-0.39, 0.29) is 0 Å². The zero-order chi connectivity index (χ0) is 5.45. The number of halogens is 5. The van der Waals surface area contributed by atoms with Gasteiger partial charge >= 0.3 is 32.1 Å². The summed E-state index contributed by atoms with van der Waals surface area (Å²) in [6, 6.07) is 0. The van der Waals surface area contributed by atoms with E-state index in [0.717, 1.165) is 0 Å². The molecule has 0 aromatic carbocycles. The summed E-state index contributed by atoms with van der Waals surface area (Å²) in [7, 11) is 0. The van der Waals surface area contributed by atoms with Gasteiger partial charge in [0.05, 0.1) is 0 Å². The van der Waals surface area contributed by atoms with Crippen LogP contribution in [0.3, 0.4) is 0 Å². The third kappa shape index (κ3) is 997. The van der Waals surface area contributed by atoms with Gasteiger partial charge in [0.1, 0.15) is 0 Å². The summed E-state index contributed by atoms with van der Waals surface area (Å²) < 4.78 is 49.4. The standard InChI is InChI=1S/AsF5/c2-1(3,4,5)6. The molecule has 0 rings (SSSR count). The van der Waals surface area contributed by atoms with Gasteiger partial charge in [-0.3, -0.25) is 0 Å². The van der Waals surface area contributed by atoms with E-state index in [9.17, 15) is 17.3 Å². The molecule has 0 unspecified atom stereocenters. The summed E-state index contributed by atoms with van der Waals surface area (Å²) >= 11 is -8.99. The van der Waals surface area contributed by atoms with Gasteiger partial charge < -0.3 is 0 Å². The number of hydrogen-bond acceptors (Lipinski definition) is 0. The van der Waals surface area contributed by atoms with Gasteiger partial charge in [0, 0.05) is 0 Å². The van der Waals surface area contributed by atoms with E-state index < -0.39 is 14.8 Å². The van der Waals surface area contributed by atoms with Crippen molar-refractivity contribution in [2.45, 2.75) is 0 Å². The quantitative estimate of drug-likeness (QED) is 0.383. The normalized spacial score (nSPS) is 19.2. The van der Waals surface area contributed by atoms with Crippen LogP contribution in [-0.2, 0) is 0 Å². The number of hydrogen-bond donors (Lipinski definition) is 0. The van der Waals surface area contributed by atoms with Crippen LogP contribution < -0.4 is 0 Å². The second-order valence-electron chi connectivity index (χ2n) is 0.639. The maximum atomic E-state index is 9.89. The molecule has 0 aromatic heterocycles. The average molecular weight is 170 g/mol. The van der Waals surface area contributed by atoms with Crippen LogP contribution in [-0.4, -0.2) is 14.8 Å². The van der Waals surface area contributed by atoms with Gasteiger partial charge in [-0.15, -0.1) is 0 Å². The molecule has 6 heavy (non-hydrogen) atoms. The first-order valence-corrected chi connectivity index (χ1v) is 4.39. The van der Waals surface area contributed by atoms with E-state index in [1.807, 2.05) is 0 Å². The van der Waals surface area contributed by atoms with Crippen molar-refractivity contribution in [2.75, 3.05) is 0 Å². The van der Waals surface area contributed by atoms with Crippen LogP contribution in [0.15, 0.2) is 0 Å². The molecule has 0 radical (unpaired) electrons. The van der Waals surface area contributed by atoms with Gasteiger partial charge in [-0.2, -0.15) is 0 Å². The molecule has 40 valence electrons. The third-order valence-corrected chi connectivity index (χ3v) is 0. The Hall–Kier alpha value is 0.208. The fraction of sp³-hybridized carbons (Fsp3) is 0. The predicted molar refractivity (Wildman–Crippen MR) is 11.3 cm³/mol. The van der Waals surface area contributed by atoms with E-state index >= 15 is 0 Å². The Morgan fingerprint density at radius 1 is 0.667 bits per heavy atom. The molecular weight excluding hydrogens is 170 g/mol. The van der Waals surface area contributed by atoms with Crippen molar-refractivity contribution in [1.82, 2.24) is 0 Å². The van der Waals surface area contributed by atoms with Crippen LogP contribution in [0.2, 0.25) is 0 Å². The molecular formula is AsF5. The van der Waals surface area contributed by atoms with Crippen LogP contribution in [0.4, 0.5) is 17.3 Å². The summed E-state index contributed by atoms with van der Waals surface area (Å²) in [4.78, 5) is 0. The zero-order valence-electron chi connectivity index (χ0n) is 2.34. The Balaban J connectivity index is 3.73. The Bertz CT molecular complexity index is 37.1. The summed E-state index contributed by atoms with van der Waals surface area (Å²) in [5.74, 6) is 0. The first-order valence-electron chi connectivity index (χ1n) is 0.845. The summed E-state index contributed by atoms with van der Waals surface area (Å²) in [5.41, 5.74) is 0. The molecule has 0 amide bonds. The maximum absolute atomic E-state index is 9.89. The van der Waals surface area contributed by atoms with Crippen LogP contribution in [0.1, 0.15) is 0 Å². The number of rotatable bonds is 0. The Kier molecular flexibility index (Phi) is 0.916. The van der Waals surface area contributed by atoms with Gasteiger partial charge in [0.2, 0.25) is 0 Å². The minimum atomic E-state index is -8.99. The molecule has 0 atom stereocenters. The average Bonchev–Trinajstić information content (AvgIpc) is 0.650. The third-order valence-electron chi connectivity index (χ3n) is 0. The molecule has 0 aromatic rings. The summed E-state index contributed by atoms with van der Waals surface area (Å²) in [5, 5.41) is 0. The van der Waals surface area contributed by atoms with Crippen molar-refractivity contribution < 1.29 is 17.3 Å². The molecule has 0 aliphatic carbocycles. The van der Waals surface area contributed by atoms with Gasteiger partial charge in [-0.25, -0.2) is 0 Å². The molecule has 0 saturated heterocycles. The van der Waals surface area contributed by atoms with E-state index in [4.69, 9.17) is 0 Å². The van der Waals surface area contributed by atoms with Crippen molar-refractivity contribution in [3.8, 4) is 0 Å². The first-order chi connectivity index (χ1) is 2.24. The van der Waals surface area contributed by atoms with Crippen LogP contribution in [0, 0.1) is 0 Å². The Morgan fingerprint density at radius 2 is 0.667 bits per heavy atom. The van der Waals surface area contributed by atoms with E-state index in [0.29, 0.717) is 0 Å². The van der Waals surface area contributed by atoms with Gasteiger partial charge in [-0.05, 0) is 0 Å². The van der Waals surface area contributed by atoms with Gasteiger partial charge in [-0.1, -0.05) is 0 Å². The molecule has 0 nitrogen and oxygen atoms in total. The van der Waals surface area contributed by atoms with Gasteiger partial charge in [0.25, 0.3) is 0 Å². The summed E-state index contributed by atoms with van der Waals surface area (Å²) in [6.45, 7) is 0. The first kappa shape index (κ1) is 6.21. The van der Waals surface area contributed by atoms with Crippen molar-refractivity contribution >= 4 is 14.8 Å². The molecule has 0 spiro atoms. The van der Waals surface area contributed by atoms with Crippen molar-refractivity contribution in [2.24, 2.45) is 0 Å². The molecule has 0 aliphatic rings. The second kappa shape index (κ2) is 0.885. The van der Waals surface area contributed by atoms with E-state index in [1.165, 1.54) is 0 Å². The van der Waals surface area contributed by atoms with E-state index in [1.54, 1.807) is 0 Å². The minimum absolute atomic E-state index is 8.99. The zero-order valence-corrected chi connectivity index (χ0v) is 4.21. The molecule has 0 bridgehead atoms. The monoisotopic (exact) mass is 170 g/mol. The molecule has 0 heterocycles. The fourth-order valence-electron chi connectivity index (χ4n) is 0. The predicted octanol–water partition coefficient (Wildman–Crippen LogP) is 1.72. The fourth-order valence-corrected chi connectivity index (χ4v) is 0. The molecule has 0 fully saturated rings. The molecule has 6 heteroatoms. The Morgan fingerprint density at radius 3 is 0.667 bits per heavy atom. The van der Waals surface area contributed by atoms with Gasteiger partial charge in [0.15, 0.2) is 0 Å². The molecule has 0 N–H and O–H groups in total. The Labute approximate surface area is 33.1 Å². The van der Waals surface area contributed by atoms with Crippen molar-refractivity contribution in [3.05, 3.63) is 0 Å². The molecule has 0 aliphatic heterocycles. The topological polar surface area (TPSA) is 0 Å². The van der Waals surface area contributed by atoms with Crippen LogP contribution in [0.25, 0.3) is 0 Å². The second-order valence-corrected chi connectivity index (χ2v) is 3.32. The SMILES string of the molecule is F[As](F)(F)(F)F. The van der Waals surface area contributed by atoms with Crippen molar-refractivity contribution in [3.63, 3.8) is 0 Å². The van der Waals surface area contributed by atoms with Crippen LogP contribution in [0.5, 0.6) is 0 Å². The van der Waals surface area contributed by atoms with E-state index in [2.05, 4.69) is 0 Å².